The molecule has 2 bridgehead atoms. The summed E-state index contributed by atoms with van der Waals surface area (Å²) in [4.78, 5) is 44.5. The molecule has 3 saturated heterocycles. The summed E-state index contributed by atoms with van der Waals surface area (Å²) < 4.78 is -0.935. The maximum Gasteiger partial charge on any atom is 0.308 e. The first-order chi connectivity index (χ1) is 18.2. The van der Waals surface area contributed by atoms with E-state index in [-0.39, 0.29) is 28.4 Å². The number of carbonyl (C=O) groups excluding carboxylic acids is 2. The number of aliphatic hydroxyl groups excluding tert-OH is 1. The normalized spacial score (nSPS) is 30.3. The molecule has 3 fully saturated rings. The van der Waals surface area contributed by atoms with Gasteiger partial charge in [0.25, 0.3) is 5.91 Å². The van der Waals surface area contributed by atoms with Crippen molar-refractivity contribution in [3.63, 3.8) is 0 Å². The lowest BCUT2D eigenvalue weighted by atomic mass is 9.71. The van der Waals surface area contributed by atoms with Crippen LogP contribution in [0.15, 0.2) is 61.2 Å². The van der Waals surface area contributed by atoms with Gasteiger partial charge in [-0.3, -0.25) is 14.4 Å². The molecule has 2 aromatic carbocycles. The number of amides is 2. The monoisotopic (exact) mass is 598 g/mol. The van der Waals surface area contributed by atoms with Crippen molar-refractivity contribution in [2.24, 2.45) is 11.8 Å². The Bertz CT molecular complexity index is 1290. The molecule has 1 spiro atoms. The van der Waals surface area contributed by atoms with E-state index in [9.17, 15) is 24.6 Å². The lowest BCUT2D eigenvalue weighted by molar-refractivity contribution is -0.149. The van der Waals surface area contributed by atoms with E-state index < -0.39 is 41.2 Å². The fraction of sp³-hybridized carbons (Fsp3) is 0.414. The molecule has 0 saturated carbocycles. The van der Waals surface area contributed by atoms with E-state index in [2.05, 4.69) is 22.5 Å². The summed E-state index contributed by atoms with van der Waals surface area (Å²) in [6.07, 6.45) is 2.14. The first kappa shape index (κ1) is 27.0. The van der Waals surface area contributed by atoms with Gasteiger partial charge in [-0.15, -0.1) is 18.3 Å². The van der Waals surface area contributed by atoms with Crippen LogP contribution in [0.4, 0.5) is 5.69 Å². The van der Waals surface area contributed by atoms with Crippen molar-refractivity contribution in [2.45, 2.75) is 47.2 Å². The molecule has 0 radical (unpaired) electrons. The molecule has 2 amide bonds. The number of alkyl halides is 1. The van der Waals surface area contributed by atoms with Crippen LogP contribution in [0.3, 0.4) is 0 Å². The van der Waals surface area contributed by atoms with E-state index in [0.29, 0.717) is 12.0 Å². The standard InChI is InChI=1S/C29H31BrN2O5S/c1-4-12-31(20-13-16(2)10-11-17(20)3)27(35)25-29-14-19(30)24(38-29)22(28(36)37)23(29)26(34)32(25)21(15-33)18-8-6-5-7-9-18/h4-11,13,19,21-25,33H,1,12,14-15H2,2-3H3,(H,36,37)/t19?,21-,22-,23+,24-,25?,29?/m1/s1. The highest BCUT2D eigenvalue weighted by Gasteiger charge is 2.76. The second kappa shape index (κ2) is 10.2. The maximum atomic E-state index is 14.7. The van der Waals surface area contributed by atoms with Crippen molar-refractivity contribution in [3.05, 3.63) is 77.9 Å². The molecule has 5 rings (SSSR count). The molecule has 3 heterocycles. The van der Waals surface area contributed by atoms with Crippen molar-refractivity contribution in [1.29, 1.82) is 0 Å². The molecule has 7 nitrogen and oxygen atoms in total. The minimum absolute atomic E-state index is 0.147. The number of aliphatic hydroxyl groups is 1. The Morgan fingerprint density at radius 3 is 2.61 bits per heavy atom. The number of carboxylic acid groups (broad SMARTS) is 1. The molecule has 3 aliphatic heterocycles. The van der Waals surface area contributed by atoms with Gasteiger partial charge in [0.05, 0.1) is 29.2 Å². The van der Waals surface area contributed by atoms with E-state index in [1.54, 1.807) is 11.0 Å². The van der Waals surface area contributed by atoms with Crippen molar-refractivity contribution >= 4 is 51.2 Å². The Morgan fingerprint density at radius 2 is 1.97 bits per heavy atom. The number of carboxylic acids is 1. The van der Waals surface area contributed by atoms with Crippen molar-refractivity contribution < 1.29 is 24.6 Å². The van der Waals surface area contributed by atoms with E-state index in [4.69, 9.17) is 0 Å². The molecule has 0 aliphatic carbocycles. The van der Waals surface area contributed by atoms with Crippen molar-refractivity contribution in [2.75, 3.05) is 18.1 Å². The summed E-state index contributed by atoms with van der Waals surface area (Å²) in [5.74, 6) is -3.48. The van der Waals surface area contributed by atoms with E-state index in [1.165, 1.54) is 16.7 Å². The summed E-state index contributed by atoms with van der Waals surface area (Å²) in [6.45, 7) is 7.60. The summed E-state index contributed by atoms with van der Waals surface area (Å²) in [6, 6.07) is 13.3. The number of anilines is 1. The van der Waals surface area contributed by atoms with Crippen LogP contribution in [0.1, 0.15) is 29.2 Å². The van der Waals surface area contributed by atoms with Crippen LogP contribution < -0.4 is 4.90 Å². The van der Waals surface area contributed by atoms with Gasteiger partial charge in [0.15, 0.2) is 0 Å². The number of fused-ring (bicyclic) bond motifs is 1. The number of likely N-dealkylation sites (tertiary alicyclic amines) is 1. The number of rotatable bonds is 8. The number of aryl methyl sites for hydroxylation is 2. The lowest BCUT2D eigenvalue weighted by Crippen LogP contribution is -2.56. The fourth-order valence-electron chi connectivity index (χ4n) is 6.59. The molecule has 3 aliphatic rings. The first-order valence-corrected chi connectivity index (χ1v) is 14.5. The topological polar surface area (TPSA) is 98.2 Å². The van der Waals surface area contributed by atoms with Gasteiger partial charge in [-0.25, -0.2) is 0 Å². The summed E-state index contributed by atoms with van der Waals surface area (Å²) in [5.41, 5.74) is 3.32. The predicted molar refractivity (Wildman–Crippen MR) is 151 cm³/mol. The molecule has 38 heavy (non-hydrogen) atoms. The highest BCUT2D eigenvalue weighted by molar-refractivity contribution is 9.09. The Morgan fingerprint density at radius 1 is 1.26 bits per heavy atom. The maximum absolute atomic E-state index is 14.7. The van der Waals surface area contributed by atoms with Gasteiger partial charge >= 0.3 is 5.97 Å². The van der Waals surface area contributed by atoms with Crippen LogP contribution in [0.25, 0.3) is 0 Å². The zero-order chi connectivity index (χ0) is 27.4. The second-order valence-electron chi connectivity index (χ2n) is 10.4. The number of hydrogen-bond acceptors (Lipinski definition) is 5. The largest absolute Gasteiger partial charge is 0.481 e. The zero-order valence-electron chi connectivity index (χ0n) is 21.3. The first-order valence-electron chi connectivity index (χ1n) is 12.7. The van der Waals surface area contributed by atoms with Crippen LogP contribution in [0.5, 0.6) is 0 Å². The quantitative estimate of drug-likeness (QED) is 0.350. The molecular formula is C29H31BrN2O5S. The Kier molecular flexibility index (Phi) is 7.22. The minimum atomic E-state index is -1.03. The SMILES string of the molecule is C=CCN(C(=O)C1N([C@H](CO)c2ccccc2)C(=O)[C@@H]2[C@@H](C(=O)O)[C@@H]3SC12CC3Br)c1cc(C)ccc1C. The molecule has 7 atom stereocenters. The van der Waals surface area contributed by atoms with Crippen molar-refractivity contribution in [3.8, 4) is 0 Å². The highest BCUT2D eigenvalue weighted by Crippen LogP contribution is 2.68. The Hall–Kier alpha value is -2.62. The number of halogens is 1. The van der Waals surface area contributed by atoms with Crippen LogP contribution in [-0.4, -0.2) is 66.9 Å². The summed E-state index contributed by atoms with van der Waals surface area (Å²) in [5, 5.41) is 20.5. The number of thioether (sulfide) groups is 1. The molecule has 9 heteroatoms. The third-order valence-electron chi connectivity index (χ3n) is 8.17. The van der Waals surface area contributed by atoms with Crippen molar-refractivity contribution in [1.82, 2.24) is 4.90 Å². The van der Waals surface area contributed by atoms with Crippen LogP contribution in [0.2, 0.25) is 0 Å². The number of carbonyl (C=O) groups is 3. The van der Waals surface area contributed by atoms with Gasteiger partial charge in [0.2, 0.25) is 5.91 Å². The molecule has 2 aromatic rings. The minimum Gasteiger partial charge on any atom is -0.481 e. The zero-order valence-corrected chi connectivity index (χ0v) is 23.7. The van der Waals surface area contributed by atoms with Gasteiger partial charge in [-0.2, -0.15) is 0 Å². The molecular weight excluding hydrogens is 568 g/mol. The molecule has 2 N–H and O–H groups in total. The molecule has 0 aromatic heterocycles. The van der Waals surface area contributed by atoms with E-state index in [1.807, 2.05) is 62.4 Å². The van der Waals surface area contributed by atoms with Crippen LogP contribution in [0, 0.1) is 25.7 Å². The van der Waals surface area contributed by atoms with Gasteiger partial charge in [0.1, 0.15) is 6.04 Å². The predicted octanol–water partition coefficient (Wildman–Crippen LogP) is 4.11. The number of aliphatic carboxylic acids is 1. The fourth-order valence-corrected chi connectivity index (χ4v) is 10.2. The lowest BCUT2D eigenvalue weighted by Gasteiger charge is -2.40. The third-order valence-corrected chi connectivity index (χ3v) is 11.4. The van der Waals surface area contributed by atoms with Crippen LogP contribution in [-0.2, 0) is 14.4 Å². The van der Waals surface area contributed by atoms with Gasteiger partial charge in [-0.05, 0) is 43.0 Å². The van der Waals surface area contributed by atoms with E-state index in [0.717, 1.165) is 16.8 Å². The highest BCUT2D eigenvalue weighted by atomic mass is 79.9. The third kappa shape index (κ3) is 4.01. The second-order valence-corrected chi connectivity index (χ2v) is 13.1. The van der Waals surface area contributed by atoms with Gasteiger partial charge < -0.3 is 20.0 Å². The number of benzene rings is 2. The van der Waals surface area contributed by atoms with Crippen LogP contribution >= 0.6 is 27.7 Å². The number of hydrogen-bond donors (Lipinski definition) is 2. The average Bonchev–Trinajstić information content (AvgIpc) is 3.49. The van der Waals surface area contributed by atoms with Gasteiger partial charge in [0, 0.05) is 22.3 Å². The summed E-state index contributed by atoms with van der Waals surface area (Å²) in [7, 11) is 0. The molecule has 3 unspecified atom stereocenters. The average molecular weight is 600 g/mol. The Balaban J connectivity index is 1.69. The van der Waals surface area contributed by atoms with Gasteiger partial charge in [-0.1, -0.05) is 64.5 Å². The Labute approximate surface area is 235 Å². The smallest absolute Gasteiger partial charge is 0.308 e. The number of nitrogens with zero attached hydrogens (tertiary/aromatic N) is 2. The van der Waals surface area contributed by atoms with E-state index >= 15 is 0 Å². The summed E-state index contributed by atoms with van der Waals surface area (Å²) >= 11 is 5.13. The molecule has 200 valence electrons.